The van der Waals surface area contributed by atoms with Crippen molar-refractivity contribution in [2.75, 3.05) is 0 Å². The molecule has 0 aliphatic rings. The Morgan fingerprint density at radius 1 is 0.778 bits per heavy atom. The second-order valence-electron chi connectivity index (χ2n) is 2.68. The maximum Gasteiger partial charge on any atom is 0.00492 e. The van der Waals surface area contributed by atoms with Crippen molar-refractivity contribution >= 4 is 0 Å². The van der Waals surface area contributed by atoms with Gasteiger partial charge in [-0.15, -0.1) is 0 Å². The molecule has 0 N–H and O–H groups in total. The predicted octanol–water partition coefficient (Wildman–Crippen LogP) is 3.12. The SMILES string of the molecule is CC(C)=C[CH]C=C(C)C. The molecule has 0 aliphatic carbocycles. The zero-order valence-electron chi connectivity index (χ0n) is 6.73. The van der Waals surface area contributed by atoms with Crippen LogP contribution in [0.4, 0.5) is 0 Å². The van der Waals surface area contributed by atoms with Crippen molar-refractivity contribution in [3.8, 4) is 0 Å². The van der Waals surface area contributed by atoms with Gasteiger partial charge in [0.05, 0.1) is 0 Å². The van der Waals surface area contributed by atoms with E-state index in [1.54, 1.807) is 0 Å². The zero-order chi connectivity index (χ0) is 7.28. The van der Waals surface area contributed by atoms with Crippen molar-refractivity contribution < 1.29 is 0 Å². The molecule has 0 unspecified atom stereocenters. The Hall–Kier alpha value is -0.520. The third-order valence-corrected chi connectivity index (χ3v) is 0.859. The number of hydrogen-bond acceptors (Lipinski definition) is 0. The Morgan fingerprint density at radius 2 is 1.11 bits per heavy atom. The summed E-state index contributed by atoms with van der Waals surface area (Å²) in [6.45, 7) is 8.37. The third-order valence-electron chi connectivity index (χ3n) is 0.859. The highest BCUT2D eigenvalue weighted by molar-refractivity contribution is 5.15. The molecule has 0 amide bonds. The summed E-state index contributed by atoms with van der Waals surface area (Å²) in [4.78, 5) is 0. The molecule has 0 aromatic carbocycles. The summed E-state index contributed by atoms with van der Waals surface area (Å²) in [5, 5.41) is 0. The maximum atomic E-state index is 2.10. The predicted molar refractivity (Wildman–Crippen MR) is 43.2 cm³/mol. The van der Waals surface area contributed by atoms with Crippen LogP contribution in [0.2, 0.25) is 0 Å². The first-order chi connectivity index (χ1) is 4.13. The lowest BCUT2D eigenvalue weighted by Crippen LogP contribution is -1.67. The lowest BCUT2D eigenvalue weighted by Gasteiger charge is -1.87. The van der Waals surface area contributed by atoms with E-state index < -0.39 is 0 Å². The fourth-order valence-electron chi connectivity index (χ4n) is 0.433. The van der Waals surface area contributed by atoms with E-state index in [0.717, 1.165) is 0 Å². The van der Waals surface area contributed by atoms with Gasteiger partial charge in [0.1, 0.15) is 0 Å². The quantitative estimate of drug-likeness (QED) is 0.529. The average Bonchev–Trinajstić information content (AvgIpc) is 1.63. The summed E-state index contributed by atoms with van der Waals surface area (Å²) in [5.74, 6) is 0. The Morgan fingerprint density at radius 3 is 1.33 bits per heavy atom. The first-order valence-corrected chi connectivity index (χ1v) is 3.24. The molecule has 0 aliphatic heterocycles. The van der Waals surface area contributed by atoms with Gasteiger partial charge in [-0.2, -0.15) is 0 Å². The first kappa shape index (κ1) is 8.48. The molecule has 1 radical (unpaired) electrons. The summed E-state index contributed by atoms with van der Waals surface area (Å²) in [7, 11) is 0. The number of hydrogen-bond donors (Lipinski definition) is 0. The van der Waals surface area contributed by atoms with Gasteiger partial charge in [0, 0.05) is 6.42 Å². The van der Waals surface area contributed by atoms with E-state index in [1.165, 1.54) is 11.1 Å². The molecule has 0 heteroatoms. The number of rotatable bonds is 2. The van der Waals surface area contributed by atoms with Crippen molar-refractivity contribution in [2.45, 2.75) is 27.7 Å². The maximum absolute atomic E-state index is 2.10. The van der Waals surface area contributed by atoms with E-state index in [4.69, 9.17) is 0 Å². The molecule has 0 atom stereocenters. The highest BCUT2D eigenvalue weighted by atomic mass is 13.8. The largest absolute Gasteiger partial charge is 0.0798 e. The molecular formula is C9H15. The molecule has 0 nitrogen and oxygen atoms in total. The van der Waals surface area contributed by atoms with Crippen LogP contribution >= 0.6 is 0 Å². The van der Waals surface area contributed by atoms with Gasteiger partial charge in [0.25, 0.3) is 0 Å². The van der Waals surface area contributed by atoms with Gasteiger partial charge in [-0.3, -0.25) is 0 Å². The highest BCUT2D eigenvalue weighted by Crippen LogP contribution is 1.96. The summed E-state index contributed by atoms with van der Waals surface area (Å²) in [6.07, 6.45) is 6.28. The monoisotopic (exact) mass is 123 g/mol. The van der Waals surface area contributed by atoms with E-state index in [0.29, 0.717) is 0 Å². The highest BCUT2D eigenvalue weighted by Gasteiger charge is 1.76. The van der Waals surface area contributed by atoms with Crippen LogP contribution < -0.4 is 0 Å². The van der Waals surface area contributed by atoms with E-state index >= 15 is 0 Å². The third kappa shape index (κ3) is 7.48. The minimum Gasteiger partial charge on any atom is -0.0798 e. The molecule has 0 aromatic heterocycles. The molecule has 0 saturated carbocycles. The van der Waals surface area contributed by atoms with Crippen LogP contribution in [-0.2, 0) is 0 Å². The number of allylic oxidation sites excluding steroid dienone is 4. The van der Waals surface area contributed by atoms with Gasteiger partial charge >= 0.3 is 0 Å². The van der Waals surface area contributed by atoms with E-state index in [1.807, 2.05) is 0 Å². The second-order valence-corrected chi connectivity index (χ2v) is 2.68. The van der Waals surface area contributed by atoms with Crippen molar-refractivity contribution in [2.24, 2.45) is 0 Å². The van der Waals surface area contributed by atoms with Crippen LogP contribution in [0.1, 0.15) is 27.7 Å². The van der Waals surface area contributed by atoms with Crippen LogP contribution in [0.15, 0.2) is 23.3 Å². The van der Waals surface area contributed by atoms with E-state index in [9.17, 15) is 0 Å². The minimum absolute atomic E-state index is 1.34. The van der Waals surface area contributed by atoms with Gasteiger partial charge in [-0.05, 0) is 27.7 Å². The molecule has 0 rings (SSSR count). The minimum atomic E-state index is 1.34. The standard InChI is InChI=1S/C9H15/c1-8(2)6-5-7-9(3)4/h5-7H,1-4H3. The van der Waals surface area contributed by atoms with Gasteiger partial charge < -0.3 is 0 Å². The fourth-order valence-corrected chi connectivity index (χ4v) is 0.433. The molecule has 51 valence electrons. The Kier molecular flexibility index (Phi) is 4.12. The van der Waals surface area contributed by atoms with Gasteiger partial charge in [0.2, 0.25) is 0 Å². The molecule has 0 fully saturated rings. The molecule has 0 aromatic rings. The Balaban J connectivity index is 3.53. The molecule has 0 heterocycles. The van der Waals surface area contributed by atoms with Gasteiger partial charge in [0.15, 0.2) is 0 Å². The van der Waals surface area contributed by atoms with Crippen molar-refractivity contribution in [3.63, 3.8) is 0 Å². The van der Waals surface area contributed by atoms with Crippen molar-refractivity contribution in [1.82, 2.24) is 0 Å². The molecular weight excluding hydrogens is 108 g/mol. The Bertz CT molecular complexity index is 103. The summed E-state index contributed by atoms with van der Waals surface area (Å²) < 4.78 is 0. The lowest BCUT2D eigenvalue weighted by molar-refractivity contribution is 1.34. The average molecular weight is 123 g/mol. The molecule has 0 spiro atoms. The smallest absolute Gasteiger partial charge is 0.00492 e. The van der Waals surface area contributed by atoms with Gasteiger partial charge in [-0.25, -0.2) is 0 Å². The summed E-state index contributed by atoms with van der Waals surface area (Å²) >= 11 is 0. The molecule has 9 heavy (non-hydrogen) atoms. The Labute approximate surface area is 58.3 Å². The van der Waals surface area contributed by atoms with Crippen molar-refractivity contribution in [1.29, 1.82) is 0 Å². The van der Waals surface area contributed by atoms with Crippen LogP contribution in [0.5, 0.6) is 0 Å². The molecule has 0 bridgehead atoms. The van der Waals surface area contributed by atoms with Gasteiger partial charge in [-0.1, -0.05) is 23.3 Å². The molecule has 0 saturated heterocycles. The van der Waals surface area contributed by atoms with Crippen molar-refractivity contribution in [3.05, 3.63) is 29.7 Å². The summed E-state index contributed by atoms with van der Waals surface area (Å²) in [6, 6.07) is 0. The van der Waals surface area contributed by atoms with Crippen LogP contribution in [0, 0.1) is 6.42 Å². The van der Waals surface area contributed by atoms with Crippen LogP contribution in [0.25, 0.3) is 0 Å². The fraction of sp³-hybridized carbons (Fsp3) is 0.444. The lowest BCUT2D eigenvalue weighted by atomic mass is 10.2. The van der Waals surface area contributed by atoms with Crippen LogP contribution in [0.3, 0.4) is 0 Å². The normalized spacial score (nSPS) is 8.44. The van der Waals surface area contributed by atoms with E-state index in [2.05, 4.69) is 46.3 Å². The van der Waals surface area contributed by atoms with Crippen LogP contribution in [-0.4, -0.2) is 0 Å². The first-order valence-electron chi connectivity index (χ1n) is 3.24. The second kappa shape index (κ2) is 4.37. The topological polar surface area (TPSA) is 0 Å². The zero-order valence-corrected chi connectivity index (χ0v) is 6.73. The van der Waals surface area contributed by atoms with E-state index in [-0.39, 0.29) is 0 Å². The summed E-state index contributed by atoms with van der Waals surface area (Å²) in [5.41, 5.74) is 2.68.